The highest BCUT2D eigenvalue weighted by molar-refractivity contribution is 7.16. The van der Waals surface area contributed by atoms with E-state index in [1.54, 1.807) is 16.5 Å². The molecule has 1 aliphatic rings. The summed E-state index contributed by atoms with van der Waals surface area (Å²) in [6.45, 7) is 3.11. The largest absolute Gasteiger partial charge is 0.394 e. The number of carbonyl (C=O) groups is 1. The summed E-state index contributed by atoms with van der Waals surface area (Å²) in [5.74, 6) is -2.39. The van der Waals surface area contributed by atoms with Crippen molar-refractivity contribution < 1.29 is 33.3 Å². The van der Waals surface area contributed by atoms with Crippen molar-refractivity contribution in [3.63, 3.8) is 0 Å². The molecule has 1 fully saturated rings. The number of ether oxygens (including phenoxy) is 2. The number of fused-ring (bicyclic) bond motifs is 1. The number of hydrogen-bond acceptors (Lipinski definition) is 9. The lowest BCUT2D eigenvalue weighted by atomic mass is 9.91. The predicted octanol–water partition coefficient (Wildman–Crippen LogP) is 3.60. The Bertz CT molecular complexity index is 1510. The number of benzene rings is 2. The summed E-state index contributed by atoms with van der Waals surface area (Å²) >= 11 is 7.04. The van der Waals surface area contributed by atoms with Crippen molar-refractivity contribution in [1.82, 2.24) is 20.0 Å². The monoisotopic (exact) mass is 593 g/mol. The van der Waals surface area contributed by atoms with Gasteiger partial charge in [-0.25, -0.2) is 18.4 Å². The molecule has 2 aromatic carbocycles. The zero-order valence-electron chi connectivity index (χ0n) is 21.6. The van der Waals surface area contributed by atoms with Crippen molar-refractivity contribution in [3.05, 3.63) is 58.7 Å². The molecule has 0 aliphatic carbocycles. The second kappa shape index (κ2) is 11.4. The Kier molecular flexibility index (Phi) is 8.13. The molecule has 2 aromatic heterocycles. The summed E-state index contributed by atoms with van der Waals surface area (Å²) in [7, 11) is 1.36. The van der Waals surface area contributed by atoms with Crippen LogP contribution in [0.3, 0.4) is 0 Å². The zero-order chi connectivity index (χ0) is 28.7. The second-order valence-corrected chi connectivity index (χ2v) is 10.9. The van der Waals surface area contributed by atoms with Gasteiger partial charge in [-0.05, 0) is 44.2 Å². The minimum atomic E-state index is -1.37. The van der Waals surface area contributed by atoms with E-state index in [9.17, 15) is 23.8 Å². The van der Waals surface area contributed by atoms with Crippen LogP contribution in [0.4, 0.5) is 14.5 Å². The summed E-state index contributed by atoms with van der Waals surface area (Å²) in [5, 5.41) is 28.6. The Morgan fingerprint density at radius 1 is 1.27 bits per heavy atom. The first-order valence-corrected chi connectivity index (χ1v) is 13.6. The van der Waals surface area contributed by atoms with Gasteiger partial charge in [0.25, 0.3) is 5.91 Å². The van der Waals surface area contributed by atoms with Gasteiger partial charge in [-0.2, -0.15) is 0 Å². The average Bonchev–Trinajstić information content (AvgIpc) is 3.60. The minimum absolute atomic E-state index is 0.0666. The van der Waals surface area contributed by atoms with Crippen molar-refractivity contribution in [2.24, 2.45) is 0 Å². The number of aliphatic hydroxyl groups excluding tert-OH is 2. The molecule has 212 valence electrons. The van der Waals surface area contributed by atoms with Crippen LogP contribution >= 0.6 is 22.9 Å². The number of methoxy groups -OCH3 is 1. The molecule has 2 N–H and O–H groups in total. The van der Waals surface area contributed by atoms with Crippen molar-refractivity contribution in [1.29, 1.82) is 0 Å². The number of amides is 1. The lowest BCUT2D eigenvalue weighted by molar-refractivity contribution is -0.211. The Balaban J connectivity index is 1.51. The van der Waals surface area contributed by atoms with E-state index >= 15 is 0 Å². The summed E-state index contributed by atoms with van der Waals surface area (Å²) in [5.41, 5.74) is 3.30. The number of nitrogens with zero attached hydrogens (tertiary/aromatic N) is 5. The molecule has 5 rings (SSSR count). The standard InChI is InChI=1S/C26H26ClF2N5O5S/c1-12(2)34(14-4-5-17-20(8-14)40-11-30-17)26(37)25-24(38-3)22(23(36)19(10-35)39-25)33-9-18(31-32-33)13-6-15(28)21(27)16(29)7-13/h4-9,11-12,19,22-25,35-36H,10H2,1-3H3/t19-,22+,23+,24-,25-/m1/s1. The Morgan fingerprint density at radius 2 is 2.00 bits per heavy atom. The lowest BCUT2D eigenvalue weighted by Gasteiger charge is -2.44. The Labute approximate surface area is 236 Å². The van der Waals surface area contributed by atoms with Crippen LogP contribution in [-0.4, -0.2) is 80.3 Å². The first-order valence-electron chi connectivity index (χ1n) is 12.3. The van der Waals surface area contributed by atoms with E-state index in [2.05, 4.69) is 15.3 Å². The fraction of sp³-hybridized carbons (Fsp3) is 0.385. The summed E-state index contributed by atoms with van der Waals surface area (Å²) in [6.07, 6.45) is -3.50. The molecule has 0 spiro atoms. The molecule has 0 radical (unpaired) electrons. The predicted molar refractivity (Wildman–Crippen MR) is 144 cm³/mol. The van der Waals surface area contributed by atoms with E-state index in [1.807, 2.05) is 26.0 Å². The lowest BCUT2D eigenvalue weighted by Crippen LogP contribution is -2.61. The number of hydrogen-bond donors (Lipinski definition) is 2. The minimum Gasteiger partial charge on any atom is -0.394 e. The average molecular weight is 594 g/mol. The summed E-state index contributed by atoms with van der Waals surface area (Å²) < 4.78 is 41.9. The number of rotatable bonds is 7. The van der Waals surface area contributed by atoms with Gasteiger partial charge in [0, 0.05) is 24.4 Å². The third-order valence-electron chi connectivity index (χ3n) is 6.82. The molecule has 1 amide bonds. The Hall–Kier alpha value is -3.07. The maximum absolute atomic E-state index is 14.1. The van der Waals surface area contributed by atoms with E-state index in [0.717, 1.165) is 22.3 Å². The zero-order valence-corrected chi connectivity index (χ0v) is 23.2. The van der Waals surface area contributed by atoms with Crippen LogP contribution in [0.2, 0.25) is 5.02 Å². The molecule has 0 saturated carbocycles. The maximum atomic E-state index is 14.1. The summed E-state index contributed by atoms with van der Waals surface area (Å²) in [4.78, 5) is 19.9. The molecule has 10 nitrogen and oxygen atoms in total. The fourth-order valence-corrected chi connectivity index (χ4v) is 5.75. The van der Waals surface area contributed by atoms with Crippen molar-refractivity contribution in [2.45, 2.75) is 50.3 Å². The SMILES string of the molecule is CO[C@@H]1[C@@H](n2cc(-c3cc(F)c(Cl)c(F)c3)nn2)[C@@H](O)[C@@H](CO)O[C@H]1C(=O)N(c1ccc2ncsc2c1)C(C)C. The maximum Gasteiger partial charge on any atom is 0.259 e. The van der Waals surface area contributed by atoms with Crippen LogP contribution in [-0.2, 0) is 14.3 Å². The van der Waals surface area contributed by atoms with E-state index in [0.29, 0.717) is 5.69 Å². The highest BCUT2D eigenvalue weighted by Crippen LogP contribution is 2.35. The second-order valence-electron chi connectivity index (χ2n) is 9.60. The van der Waals surface area contributed by atoms with Gasteiger partial charge < -0.3 is 24.6 Å². The van der Waals surface area contributed by atoms with Crippen LogP contribution in [0, 0.1) is 11.6 Å². The smallest absolute Gasteiger partial charge is 0.259 e. The van der Waals surface area contributed by atoms with E-state index in [1.165, 1.54) is 29.3 Å². The molecule has 40 heavy (non-hydrogen) atoms. The van der Waals surface area contributed by atoms with Gasteiger partial charge in [-0.15, -0.1) is 16.4 Å². The van der Waals surface area contributed by atoms with Gasteiger partial charge in [0.1, 0.15) is 46.7 Å². The fourth-order valence-electron chi connectivity index (χ4n) is 4.93. The molecular formula is C26H26ClF2N5O5S. The van der Waals surface area contributed by atoms with Crippen LogP contribution in [0.15, 0.2) is 42.0 Å². The summed E-state index contributed by atoms with van der Waals surface area (Å²) in [6, 6.07) is 6.15. The van der Waals surface area contributed by atoms with Crippen molar-refractivity contribution in [2.75, 3.05) is 18.6 Å². The highest BCUT2D eigenvalue weighted by Gasteiger charge is 2.51. The van der Waals surface area contributed by atoms with Crippen molar-refractivity contribution in [3.8, 4) is 11.3 Å². The molecule has 5 atom stereocenters. The molecule has 1 saturated heterocycles. The molecule has 0 unspecified atom stereocenters. The third-order valence-corrected chi connectivity index (χ3v) is 7.98. The molecular weight excluding hydrogens is 568 g/mol. The van der Waals surface area contributed by atoms with Gasteiger partial charge in [-0.3, -0.25) is 4.79 Å². The number of aromatic nitrogens is 4. The first-order chi connectivity index (χ1) is 19.1. The third kappa shape index (κ3) is 5.08. The molecule has 3 heterocycles. The van der Waals surface area contributed by atoms with Crippen LogP contribution in [0.25, 0.3) is 21.5 Å². The molecule has 4 aromatic rings. The number of anilines is 1. The molecule has 1 aliphatic heterocycles. The van der Waals surface area contributed by atoms with Gasteiger partial charge in [0.15, 0.2) is 6.10 Å². The van der Waals surface area contributed by atoms with E-state index in [4.69, 9.17) is 21.1 Å². The van der Waals surface area contributed by atoms with Gasteiger partial charge in [0.05, 0.1) is 28.5 Å². The van der Waals surface area contributed by atoms with Gasteiger partial charge in [0.2, 0.25) is 0 Å². The van der Waals surface area contributed by atoms with Crippen LogP contribution in [0.5, 0.6) is 0 Å². The quantitative estimate of drug-likeness (QED) is 0.312. The van der Waals surface area contributed by atoms with Gasteiger partial charge in [-0.1, -0.05) is 16.8 Å². The number of thiazole rings is 1. The van der Waals surface area contributed by atoms with Crippen LogP contribution in [0.1, 0.15) is 19.9 Å². The molecule has 0 bridgehead atoms. The highest BCUT2D eigenvalue weighted by atomic mass is 35.5. The van der Waals surface area contributed by atoms with E-state index < -0.39 is 59.6 Å². The normalized spacial score (nSPS) is 23.2. The first kappa shape index (κ1) is 28.5. The van der Waals surface area contributed by atoms with Crippen molar-refractivity contribution >= 4 is 44.7 Å². The Morgan fingerprint density at radius 3 is 2.65 bits per heavy atom. The molecule has 14 heteroatoms. The number of aliphatic hydroxyl groups is 2. The topological polar surface area (TPSA) is 123 Å². The number of carbonyl (C=O) groups excluding carboxylic acids is 1. The van der Waals surface area contributed by atoms with Crippen LogP contribution < -0.4 is 4.90 Å². The van der Waals surface area contributed by atoms with E-state index in [-0.39, 0.29) is 17.3 Å². The number of halogens is 3. The van der Waals surface area contributed by atoms with Gasteiger partial charge >= 0.3 is 0 Å².